The molecule has 94 valence electrons. The minimum atomic E-state index is 0.234. The van der Waals surface area contributed by atoms with Gasteiger partial charge in [-0.05, 0) is 44.6 Å². The van der Waals surface area contributed by atoms with Gasteiger partial charge in [0.05, 0.1) is 0 Å². The first-order valence-corrected chi connectivity index (χ1v) is 6.85. The van der Waals surface area contributed by atoms with E-state index in [1.54, 1.807) is 0 Å². The van der Waals surface area contributed by atoms with Crippen molar-refractivity contribution in [3.63, 3.8) is 0 Å². The summed E-state index contributed by atoms with van der Waals surface area (Å²) in [6.45, 7) is 10.8. The highest BCUT2D eigenvalue weighted by Gasteiger charge is 2.48. The quantitative estimate of drug-likeness (QED) is 0.616. The molecular formula is C16H24O. The Hall–Kier alpha value is -0.850. The van der Waals surface area contributed by atoms with Gasteiger partial charge in [0, 0.05) is 11.8 Å². The normalized spacial score (nSPS) is 38.1. The van der Waals surface area contributed by atoms with Crippen LogP contribution in [0, 0.1) is 17.3 Å². The van der Waals surface area contributed by atoms with Gasteiger partial charge in [0.15, 0.2) is 5.78 Å². The van der Waals surface area contributed by atoms with Crippen molar-refractivity contribution in [1.82, 2.24) is 0 Å². The second kappa shape index (κ2) is 4.44. The molecule has 0 heterocycles. The molecule has 2 aliphatic rings. The van der Waals surface area contributed by atoms with Crippen molar-refractivity contribution in [3.05, 3.63) is 23.8 Å². The third-order valence-electron chi connectivity index (χ3n) is 5.05. The third-order valence-corrected chi connectivity index (χ3v) is 5.05. The van der Waals surface area contributed by atoms with Gasteiger partial charge in [0.25, 0.3) is 0 Å². The molecule has 0 amide bonds. The summed E-state index contributed by atoms with van der Waals surface area (Å²) in [4.78, 5) is 11.7. The fraction of sp³-hybridized carbons (Fsp3) is 0.688. The molecule has 1 fully saturated rings. The molecule has 0 N–H and O–H groups in total. The van der Waals surface area contributed by atoms with Crippen LogP contribution in [0.3, 0.4) is 0 Å². The summed E-state index contributed by atoms with van der Waals surface area (Å²) in [5.74, 6) is 1.37. The lowest BCUT2D eigenvalue weighted by Crippen LogP contribution is -2.44. The third kappa shape index (κ3) is 1.90. The standard InChI is InChI=1S/C16H24O/c1-11(2)15-7-5-6-8-16(15)12(3)9-14(17)10-13(16)4/h9,13,15H,1,5-8,10H2,2-4H3. The molecule has 1 saturated carbocycles. The largest absolute Gasteiger partial charge is 0.295 e. The number of carbonyl (C=O) groups is 1. The first-order chi connectivity index (χ1) is 7.98. The topological polar surface area (TPSA) is 17.1 Å². The maximum absolute atomic E-state index is 11.7. The van der Waals surface area contributed by atoms with Gasteiger partial charge in [0.2, 0.25) is 0 Å². The molecule has 2 rings (SSSR count). The van der Waals surface area contributed by atoms with E-state index in [9.17, 15) is 4.79 Å². The predicted molar refractivity (Wildman–Crippen MR) is 71.8 cm³/mol. The van der Waals surface area contributed by atoms with Gasteiger partial charge in [-0.15, -0.1) is 0 Å². The number of ketones is 1. The van der Waals surface area contributed by atoms with Crippen LogP contribution in [0.15, 0.2) is 23.8 Å². The molecule has 3 unspecified atom stereocenters. The average Bonchev–Trinajstić information content (AvgIpc) is 2.26. The fourth-order valence-electron chi connectivity index (χ4n) is 4.25. The van der Waals surface area contributed by atoms with Crippen LogP contribution < -0.4 is 0 Å². The van der Waals surface area contributed by atoms with E-state index in [0.29, 0.717) is 17.6 Å². The molecule has 0 bridgehead atoms. The highest BCUT2D eigenvalue weighted by molar-refractivity contribution is 5.91. The molecule has 1 nitrogen and oxygen atoms in total. The zero-order valence-electron chi connectivity index (χ0n) is 11.4. The minimum absolute atomic E-state index is 0.234. The van der Waals surface area contributed by atoms with Crippen LogP contribution in [0.5, 0.6) is 0 Å². The predicted octanol–water partition coefficient (Wildman–Crippen LogP) is 4.29. The van der Waals surface area contributed by atoms with Crippen LogP contribution in [-0.2, 0) is 4.79 Å². The molecule has 0 aromatic carbocycles. The Morgan fingerprint density at radius 2 is 2.18 bits per heavy atom. The zero-order valence-corrected chi connectivity index (χ0v) is 11.4. The van der Waals surface area contributed by atoms with Gasteiger partial charge in [-0.3, -0.25) is 4.79 Å². The lowest BCUT2D eigenvalue weighted by atomic mass is 9.53. The van der Waals surface area contributed by atoms with E-state index in [2.05, 4.69) is 27.4 Å². The Kier molecular flexibility index (Phi) is 3.29. The number of rotatable bonds is 1. The van der Waals surface area contributed by atoms with Gasteiger partial charge in [0.1, 0.15) is 0 Å². The van der Waals surface area contributed by atoms with E-state index < -0.39 is 0 Å². The van der Waals surface area contributed by atoms with Crippen LogP contribution in [0.25, 0.3) is 0 Å². The highest BCUT2D eigenvalue weighted by atomic mass is 16.1. The molecule has 0 aromatic heterocycles. The highest BCUT2D eigenvalue weighted by Crippen LogP contribution is 2.56. The van der Waals surface area contributed by atoms with Crippen LogP contribution in [0.1, 0.15) is 52.9 Å². The van der Waals surface area contributed by atoms with Crippen molar-refractivity contribution in [2.75, 3.05) is 0 Å². The maximum atomic E-state index is 11.7. The van der Waals surface area contributed by atoms with Crippen LogP contribution in [0.4, 0.5) is 0 Å². The van der Waals surface area contributed by atoms with Gasteiger partial charge >= 0.3 is 0 Å². The number of hydrogen-bond acceptors (Lipinski definition) is 1. The second-order valence-corrected chi connectivity index (χ2v) is 6.08. The second-order valence-electron chi connectivity index (χ2n) is 6.08. The van der Waals surface area contributed by atoms with E-state index in [-0.39, 0.29) is 5.41 Å². The Balaban J connectivity index is 2.46. The summed E-state index contributed by atoms with van der Waals surface area (Å²) >= 11 is 0. The summed E-state index contributed by atoms with van der Waals surface area (Å²) in [6.07, 6.45) is 7.73. The Morgan fingerprint density at radius 3 is 2.76 bits per heavy atom. The monoisotopic (exact) mass is 232 g/mol. The summed E-state index contributed by atoms with van der Waals surface area (Å²) < 4.78 is 0. The molecule has 17 heavy (non-hydrogen) atoms. The van der Waals surface area contributed by atoms with Crippen molar-refractivity contribution in [2.24, 2.45) is 17.3 Å². The lowest BCUT2D eigenvalue weighted by molar-refractivity contribution is -0.117. The first-order valence-electron chi connectivity index (χ1n) is 6.85. The van der Waals surface area contributed by atoms with Crippen molar-refractivity contribution in [2.45, 2.75) is 52.9 Å². The average molecular weight is 232 g/mol. The Morgan fingerprint density at radius 1 is 1.47 bits per heavy atom. The SMILES string of the molecule is C=C(C)C1CCCCC12C(C)=CC(=O)CC2C. The van der Waals surface area contributed by atoms with E-state index in [1.807, 2.05) is 6.08 Å². The molecular weight excluding hydrogens is 208 g/mol. The molecule has 2 aliphatic carbocycles. The smallest absolute Gasteiger partial charge is 0.155 e. The molecule has 1 heteroatoms. The first kappa shape index (κ1) is 12.6. The summed E-state index contributed by atoms with van der Waals surface area (Å²) in [5, 5.41) is 0. The number of hydrogen-bond donors (Lipinski definition) is 0. The van der Waals surface area contributed by atoms with E-state index >= 15 is 0 Å². The van der Waals surface area contributed by atoms with E-state index in [0.717, 1.165) is 6.42 Å². The summed E-state index contributed by atoms with van der Waals surface area (Å²) in [5.41, 5.74) is 2.85. The van der Waals surface area contributed by atoms with Crippen LogP contribution in [-0.4, -0.2) is 5.78 Å². The molecule has 1 spiro atoms. The van der Waals surface area contributed by atoms with Crippen molar-refractivity contribution in [1.29, 1.82) is 0 Å². The van der Waals surface area contributed by atoms with E-state index in [4.69, 9.17) is 0 Å². The van der Waals surface area contributed by atoms with Gasteiger partial charge in [-0.25, -0.2) is 0 Å². The van der Waals surface area contributed by atoms with Gasteiger partial charge < -0.3 is 0 Å². The fourth-order valence-corrected chi connectivity index (χ4v) is 4.25. The molecule has 0 aliphatic heterocycles. The Bertz CT molecular complexity index is 377. The molecule has 0 saturated heterocycles. The molecule has 3 atom stereocenters. The van der Waals surface area contributed by atoms with E-state index in [1.165, 1.54) is 36.8 Å². The van der Waals surface area contributed by atoms with Crippen molar-refractivity contribution >= 4 is 5.78 Å². The molecule has 0 aromatic rings. The van der Waals surface area contributed by atoms with Crippen LogP contribution >= 0.6 is 0 Å². The van der Waals surface area contributed by atoms with Crippen LogP contribution in [0.2, 0.25) is 0 Å². The number of allylic oxidation sites excluding steroid dienone is 3. The zero-order chi connectivity index (χ0) is 12.6. The summed E-state index contributed by atoms with van der Waals surface area (Å²) in [6, 6.07) is 0. The van der Waals surface area contributed by atoms with Crippen molar-refractivity contribution in [3.8, 4) is 0 Å². The minimum Gasteiger partial charge on any atom is -0.295 e. The molecule has 0 radical (unpaired) electrons. The van der Waals surface area contributed by atoms with Gasteiger partial charge in [-0.1, -0.05) is 37.5 Å². The Labute approximate surface area is 105 Å². The summed E-state index contributed by atoms with van der Waals surface area (Å²) in [7, 11) is 0. The maximum Gasteiger partial charge on any atom is 0.155 e. The van der Waals surface area contributed by atoms with Gasteiger partial charge in [-0.2, -0.15) is 0 Å². The lowest BCUT2D eigenvalue weighted by Gasteiger charge is -2.51. The van der Waals surface area contributed by atoms with Crippen molar-refractivity contribution < 1.29 is 4.79 Å². The number of carbonyl (C=O) groups excluding carboxylic acids is 1.